The van der Waals surface area contributed by atoms with Gasteiger partial charge in [-0.05, 0) is 77.9 Å². The number of nitrogens with zero attached hydrogens (tertiary/aromatic N) is 3. The van der Waals surface area contributed by atoms with E-state index in [-0.39, 0.29) is 18.0 Å². The van der Waals surface area contributed by atoms with Gasteiger partial charge in [0.2, 0.25) is 5.82 Å². The summed E-state index contributed by atoms with van der Waals surface area (Å²) in [6, 6.07) is 25.1. The molecule has 6 aromatic rings. The van der Waals surface area contributed by atoms with Crippen molar-refractivity contribution in [3.05, 3.63) is 126 Å². The van der Waals surface area contributed by atoms with E-state index in [1.807, 2.05) is 36.4 Å². The molecule has 198 valence electrons. The number of aromatic nitrogens is 2. The number of hydrogen-bond donors (Lipinski definition) is 0. The predicted molar refractivity (Wildman–Crippen MR) is 164 cm³/mol. The lowest BCUT2D eigenvalue weighted by Gasteiger charge is -2.10. The van der Waals surface area contributed by atoms with Crippen LogP contribution in [0.2, 0.25) is 15.1 Å². The molecular weight excluding hydrogens is 637 g/mol. The molecule has 0 aliphatic heterocycles. The highest BCUT2D eigenvalue weighted by Crippen LogP contribution is 2.30. The van der Waals surface area contributed by atoms with Crippen molar-refractivity contribution in [2.45, 2.75) is 6.61 Å². The fraction of sp³-hybridized carbons (Fsp3) is 0.0333. The standard InChI is InChI=1S/C30H17BrCl3N3O3/c31-20-7-10-26-19(13-20)14-28(40-26)29-36-25-4-2-1-3-21(25)30(38)37(29)35-15-17-6-9-27(24(34)11-17)39-16-18-5-8-22(32)23(33)12-18/h1-15H,16H2. The second kappa shape index (κ2) is 11.1. The van der Waals surface area contributed by atoms with Crippen molar-refractivity contribution < 1.29 is 9.15 Å². The Hall–Kier alpha value is -3.62. The lowest BCUT2D eigenvalue weighted by molar-refractivity contribution is 0.306. The molecule has 0 fully saturated rings. The van der Waals surface area contributed by atoms with Crippen LogP contribution < -0.4 is 10.3 Å². The summed E-state index contributed by atoms with van der Waals surface area (Å²) >= 11 is 22.0. The maximum absolute atomic E-state index is 13.5. The highest BCUT2D eigenvalue weighted by atomic mass is 79.9. The first kappa shape index (κ1) is 26.6. The van der Waals surface area contributed by atoms with Crippen molar-refractivity contribution in [1.29, 1.82) is 0 Å². The van der Waals surface area contributed by atoms with Gasteiger partial charge in [-0.1, -0.05) is 68.9 Å². The minimum absolute atomic E-state index is 0.264. The third-order valence-corrected chi connectivity index (χ3v) is 7.64. The van der Waals surface area contributed by atoms with Gasteiger partial charge in [0.05, 0.1) is 32.2 Å². The number of benzene rings is 4. The molecule has 6 nitrogen and oxygen atoms in total. The highest BCUT2D eigenvalue weighted by molar-refractivity contribution is 9.10. The van der Waals surface area contributed by atoms with Crippen LogP contribution in [-0.4, -0.2) is 15.9 Å². The summed E-state index contributed by atoms with van der Waals surface area (Å²) in [5.41, 5.74) is 2.39. The molecule has 0 radical (unpaired) electrons. The predicted octanol–water partition coefficient (Wildman–Crippen LogP) is 8.99. The van der Waals surface area contributed by atoms with Crippen molar-refractivity contribution in [2.24, 2.45) is 5.10 Å². The van der Waals surface area contributed by atoms with Crippen LogP contribution in [0.4, 0.5) is 0 Å². The Balaban J connectivity index is 1.34. The molecule has 0 aliphatic carbocycles. The first-order valence-electron chi connectivity index (χ1n) is 12.0. The summed E-state index contributed by atoms with van der Waals surface area (Å²) in [5.74, 6) is 1.18. The average molecular weight is 654 g/mol. The normalized spacial score (nSPS) is 11.6. The summed E-state index contributed by atoms with van der Waals surface area (Å²) in [7, 11) is 0. The maximum Gasteiger partial charge on any atom is 0.282 e. The molecule has 0 saturated carbocycles. The minimum atomic E-state index is -0.328. The zero-order valence-corrected chi connectivity index (χ0v) is 24.3. The third-order valence-electron chi connectivity index (χ3n) is 6.11. The van der Waals surface area contributed by atoms with Crippen LogP contribution in [0.15, 0.2) is 104 Å². The quantitative estimate of drug-likeness (QED) is 0.168. The Morgan fingerprint density at radius 2 is 1.77 bits per heavy atom. The molecule has 0 atom stereocenters. The van der Waals surface area contributed by atoms with E-state index in [1.54, 1.807) is 48.5 Å². The molecule has 0 spiro atoms. The summed E-state index contributed by atoms with van der Waals surface area (Å²) in [6.07, 6.45) is 1.54. The van der Waals surface area contributed by atoms with Gasteiger partial charge in [0.25, 0.3) is 5.56 Å². The van der Waals surface area contributed by atoms with E-state index in [4.69, 9.17) is 48.9 Å². The average Bonchev–Trinajstić information content (AvgIpc) is 3.37. The number of para-hydroxylation sites is 1. The molecule has 0 amide bonds. The Morgan fingerprint density at radius 1 is 0.925 bits per heavy atom. The number of rotatable bonds is 6. The van der Waals surface area contributed by atoms with E-state index in [2.05, 4.69) is 21.0 Å². The molecule has 6 rings (SSSR count). The Bertz CT molecular complexity index is 2000. The van der Waals surface area contributed by atoms with Crippen LogP contribution in [0.5, 0.6) is 5.75 Å². The van der Waals surface area contributed by atoms with E-state index in [0.29, 0.717) is 48.6 Å². The van der Waals surface area contributed by atoms with Gasteiger partial charge in [0.15, 0.2) is 5.76 Å². The number of furan rings is 1. The zero-order valence-electron chi connectivity index (χ0n) is 20.4. The molecule has 0 bridgehead atoms. The van der Waals surface area contributed by atoms with Crippen molar-refractivity contribution in [2.75, 3.05) is 0 Å². The van der Waals surface area contributed by atoms with Crippen LogP contribution in [0.3, 0.4) is 0 Å². The largest absolute Gasteiger partial charge is 0.487 e. The van der Waals surface area contributed by atoms with E-state index in [1.165, 1.54) is 10.9 Å². The van der Waals surface area contributed by atoms with E-state index < -0.39 is 0 Å². The van der Waals surface area contributed by atoms with Crippen LogP contribution in [0.25, 0.3) is 33.5 Å². The van der Waals surface area contributed by atoms with Gasteiger partial charge in [-0.25, -0.2) is 4.98 Å². The number of fused-ring (bicyclic) bond motifs is 2. The Kier molecular flexibility index (Phi) is 7.38. The molecule has 2 heterocycles. The second-order valence-corrected chi connectivity index (χ2v) is 11.0. The van der Waals surface area contributed by atoms with Crippen molar-refractivity contribution in [3.8, 4) is 17.3 Å². The summed E-state index contributed by atoms with van der Waals surface area (Å²) < 4.78 is 14.1. The Morgan fingerprint density at radius 3 is 2.60 bits per heavy atom. The first-order chi connectivity index (χ1) is 19.4. The SMILES string of the molecule is O=c1c2ccccc2nc(-c2cc3cc(Br)ccc3o2)n1N=Cc1ccc(OCc2ccc(Cl)c(Cl)c2)c(Cl)c1. The smallest absolute Gasteiger partial charge is 0.282 e. The van der Waals surface area contributed by atoms with E-state index in [0.717, 1.165) is 15.4 Å². The van der Waals surface area contributed by atoms with Gasteiger partial charge in [-0.2, -0.15) is 9.78 Å². The minimum Gasteiger partial charge on any atom is -0.487 e. The number of hydrogen-bond acceptors (Lipinski definition) is 5. The van der Waals surface area contributed by atoms with Crippen LogP contribution in [0.1, 0.15) is 11.1 Å². The monoisotopic (exact) mass is 651 g/mol. The van der Waals surface area contributed by atoms with Crippen LogP contribution in [-0.2, 0) is 6.61 Å². The van der Waals surface area contributed by atoms with Crippen molar-refractivity contribution >= 4 is 78.8 Å². The van der Waals surface area contributed by atoms with E-state index >= 15 is 0 Å². The molecule has 10 heteroatoms. The molecule has 40 heavy (non-hydrogen) atoms. The van der Waals surface area contributed by atoms with Gasteiger partial charge in [0, 0.05) is 9.86 Å². The van der Waals surface area contributed by atoms with Crippen LogP contribution in [0, 0.1) is 0 Å². The molecule has 0 saturated heterocycles. The second-order valence-electron chi connectivity index (χ2n) is 8.83. The van der Waals surface area contributed by atoms with Crippen molar-refractivity contribution in [1.82, 2.24) is 9.66 Å². The van der Waals surface area contributed by atoms with Gasteiger partial charge in [-0.15, -0.1) is 0 Å². The van der Waals surface area contributed by atoms with Gasteiger partial charge in [-0.3, -0.25) is 4.79 Å². The summed E-state index contributed by atoms with van der Waals surface area (Å²) in [5, 5.41) is 7.11. The lowest BCUT2D eigenvalue weighted by atomic mass is 10.2. The lowest BCUT2D eigenvalue weighted by Crippen LogP contribution is -2.20. The topological polar surface area (TPSA) is 69.6 Å². The van der Waals surface area contributed by atoms with Gasteiger partial charge >= 0.3 is 0 Å². The van der Waals surface area contributed by atoms with Gasteiger partial charge < -0.3 is 9.15 Å². The third kappa shape index (κ3) is 5.38. The first-order valence-corrected chi connectivity index (χ1v) is 13.9. The molecule has 0 unspecified atom stereocenters. The maximum atomic E-state index is 13.5. The van der Waals surface area contributed by atoms with Crippen molar-refractivity contribution in [3.63, 3.8) is 0 Å². The zero-order chi connectivity index (χ0) is 27.8. The Labute approximate surface area is 251 Å². The fourth-order valence-electron chi connectivity index (χ4n) is 4.14. The number of ether oxygens (including phenoxy) is 1. The molecule has 2 aromatic heterocycles. The number of halogens is 4. The molecule has 0 aliphatic rings. The van der Waals surface area contributed by atoms with Gasteiger partial charge in [0.1, 0.15) is 17.9 Å². The highest BCUT2D eigenvalue weighted by Gasteiger charge is 2.16. The summed E-state index contributed by atoms with van der Waals surface area (Å²) in [4.78, 5) is 18.2. The molecular formula is C30H17BrCl3N3O3. The van der Waals surface area contributed by atoms with Crippen LogP contribution >= 0.6 is 50.7 Å². The van der Waals surface area contributed by atoms with E-state index in [9.17, 15) is 4.79 Å². The molecule has 0 N–H and O–H groups in total. The summed E-state index contributed by atoms with van der Waals surface area (Å²) in [6.45, 7) is 0.264. The fourth-order valence-corrected chi connectivity index (χ4v) is 5.09. The molecule has 4 aromatic carbocycles.